The van der Waals surface area contributed by atoms with Crippen molar-refractivity contribution in [3.63, 3.8) is 0 Å². The van der Waals surface area contributed by atoms with Crippen LogP contribution in [0.3, 0.4) is 0 Å². The van der Waals surface area contributed by atoms with E-state index in [1.165, 1.54) is 0 Å². The topological polar surface area (TPSA) is 35.2 Å². The summed E-state index contributed by atoms with van der Waals surface area (Å²) in [6.07, 6.45) is 2.09. The zero-order valence-corrected chi connectivity index (χ0v) is 8.15. The van der Waals surface area contributed by atoms with Gasteiger partial charge in [-0.05, 0) is 12.8 Å². The summed E-state index contributed by atoms with van der Waals surface area (Å²) in [5.74, 6) is -0.951. The Balaban J connectivity index is 2.25. The van der Waals surface area contributed by atoms with E-state index in [0.717, 1.165) is 18.9 Å². The van der Waals surface area contributed by atoms with Gasteiger partial charge in [-0.25, -0.2) is 8.78 Å². The van der Waals surface area contributed by atoms with Crippen molar-refractivity contribution in [2.75, 3.05) is 6.61 Å². The first-order valence-corrected chi connectivity index (χ1v) is 5.05. The van der Waals surface area contributed by atoms with Crippen molar-refractivity contribution in [3.8, 4) is 5.75 Å². The second-order valence-electron chi connectivity index (χ2n) is 4.28. The van der Waals surface area contributed by atoms with Crippen molar-refractivity contribution >= 4 is 0 Å². The first-order valence-electron chi connectivity index (χ1n) is 5.05. The molecule has 0 aromatic heterocycles. The maximum atomic E-state index is 13.7. The van der Waals surface area contributed by atoms with Gasteiger partial charge in [-0.15, -0.1) is 0 Å². The highest BCUT2D eigenvalue weighted by Gasteiger charge is 2.45. The van der Waals surface area contributed by atoms with Gasteiger partial charge in [0, 0.05) is 29.2 Å². The molecule has 1 fully saturated rings. The van der Waals surface area contributed by atoms with Crippen molar-refractivity contribution in [2.45, 2.75) is 24.8 Å². The van der Waals surface area contributed by atoms with Gasteiger partial charge >= 0.3 is 0 Å². The molecular weight excluding hydrogens is 200 g/mol. The van der Waals surface area contributed by atoms with E-state index in [0.29, 0.717) is 24.2 Å². The highest BCUT2D eigenvalue weighted by molar-refractivity contribution is 5.49. The minimum Gasteiger partial charge on any atom is -0.490 e. The molecule has 1 aliphatic carbocycles. The van der Waals surface area contributed by atoms with Gasteiger partial charge in [-0.3, -0.25) is 0 Å². The molecule has 0 bridgehead atoms. The highest BCUT2D eigenvalue weighted by Crippen LogP contribution is 2.48. The van der Waals surface area contributed by atoms with Crippen LogP contribution in [0.1, 0.15) is 24.0 Å². The molecule has 4 heteroatoms. The normalized spacial score (nSPS) is 21.0. The quantitative estimate of drug-likeness (QED) is 0.769. The Kier molecular flexibility index (Phi) is 1.63. The van der Waals surface area contributed by atoms with E-state index in [1.807, 2.05) is 0 Å². The molecule has 1 aromatic rings. The molecule has 3 rings (SSSR count). The Morgan fingerprint density at radius 1 is 1.27 bits per heavy atom. The molecule has 80 valence electrons. The Morgan fingerprint density at radius 3 is 2.67 bits per heavy atom. The summed E-state index contributed by atoms with van der Waals surface area (Å²) >= 11 is 0. The third-order valence-electron chi connectivity index (χ3n) is 3.17. The summed E-state index contributed by atoms with van der Waals surface area (Å²) in [5.41, 5.74) is 6.50. The molecule has 1 aliphatic heterocycles. The van der Waals surface area contributed by atoms with Gasteiger partial charge in [-0.2, -0.15) is 0 Å². The van der Waals surface area contributed by atoms with Crippen molar-refractivity contribution in [1.82, 2.24) is 0 Å². The summed E-state index contributed by atoms with van der Waals surface area (Å²) in [7, 11) is 0. The summed E-state index contributed by atoms with van der Waals surface area (Å²) in [4.78, 5) is 0. The number of fused-ring (bicyclic) bond motifs is 1. The van der Waals surface area contributed by atoms with Gasteiger partial charge in [0.2, 0.25) is 0 Å². The smallest absolute Gasteiger partial charge is 0.168 e. The predicted molar refractivity (Wildman–Crippen MR) is 50.7 cm³/mol. The average molecular weight is 211 g/mol. The number of benzene rings is 1. The average Bonchev–Trinajstić information content (AvgIpc) is 2.74. The van der Waals surface area contributed by atoms with Crippen LogP contribution in [0.15, 0.2) is 6.07 Å². The Morgan fingerprint density at radius 2 is 2.00 bits per heavy atom. The largest absolute Gasteiger partial charge is 0.490 e. The number of ether oxygens (including phenoxy) is 1. The van der Waals surface area contributed by atoms with Gasteiger partial charge in [-0.1, -0.05) is 0 Å². The van der Waals surface area contributed by atoms with Crippen LogP contribution >= 0.6 is 0 Å². The Labute approximate surface area is 86.0 Å². The first kappa shape index (κ1) is 9.09. The maximum absolute atomic E-state index is 13.7. The third-order valence-corrected chi connectivity index (χ3v) is 3.17. The van der Waals surface area contributed by atoms with Crippen LogP contribution < -0.4 is 10.5 Å². The van der Waals surface area contributed by atoms with E-state index in [-0.39, 0.29) is 5.75 Å². The highest BCUT2D eigenvalue weighted by atomic mass is 19.1. The van der Waals surface area contributed by atoms with Crippen LogP contribution in [0.4, 0.5) is 8.78 Å². The third kappa shape index (κ3) is 1.17. The molecule has 0 radical (unpaired) electrons. The van der Waals surface area contributed by atoms with E-state index in [1.54, 1.807) is 0 Å². The minimum atomic E-state index is -0.618. The zero-order chi connectivity index (χ0) is 10.6. The predicted octanol–water partition coefficient (Wildman–Crippen LogP) is 1.85. The van der Waals surface area contributed by atoms with Gasteiger partial charge in [0.05, 0.1) is 6.61 Å². The lowest BCUT2D eigenvalue weighted by Crippen LogP contribution is -2.22. The molecule has 0 atom stereocenters. The first-order chi connectivity index (χ1) is 7.12. The molecule has 1 aromatic carbocycles. The summed E-state index contributed by atoms with van der Waals surface area (Å²) in [6, 6.07) is 0.881. The second-order valence-corrected chi connectivity index (χ2v) is 4.28. The lowest BCUT2D eigenvalue weighted by molar-refractivity contribution is 0.338. The molecule has 1 saturated carbocycles. The van der Waals surface area contributed by atoms with E-state index in [9.17, 15) is 8.78 Å². The number of rotatable bonds is 1. The molecule has 0 unspecified atom stereocenters. The SMILES string of the molecule is NC1(c2c(F)cc(F)c3c2CCO3)CC1. The van der Waals surface area contributed by atoms with E-state index in [2.05, 4.69) is 0 Å². The van der Waals surface area contributed by atoms with Crippen molar-refractivity contribution in [3.05, 3.63) is 28.8 Å². The minimum absolute atomic E-state index is 0.197. The Bertz CT molecular complexity index is 441. The van der Waals surface area contributed by atoms with Crippen molar-refractivity contribution in [2.24, 2.45) is 5.73 Å². The molecular formula is C11H11F2NO. The van der Waals surface area contributed by atoms with Gasteiger partial charge < -0.3 is 10.5 Å². The van der Waals surface area contributed by atoms with Crippen molar-refractivity contribution in [1.29, 1.82) is 0 Å². The fourth-order valence-electron chi connectivity index (χ4n) is 2.22. The number of nitrogens with two attached hydrogens (primary N) is 1. The zero-order valence-electron chi connectivity index (χ0n) is 8.15. The molecule has 2 aliphatic rings. The number of hydrogen-bond donors (Lipinski definition) is 1. The van der Waals surface area contributed by atoms with Crippen LogP contribution in [-0.2, 0) is 12.0 Å². The Hall–Kier alpha value is -1.16. The summed E-state index contributed by atoms with van der Waals surface area (Å²) in [6.45, 7) is 0.415. The fraction of sp³-hybridized carbons (Fsp3) is 0.455. The maximum Gasteiger partial charge on any atom is 0.168 e. The van der Waals surface area contributed by atoms with Crippen LogP contribution in [0.2, 0.25) is 0 Å². The standard InChI is InChI=1S/C11H11F2NO/c12-7-5-8(13)10-6(1-4-15-10)9(7)11(14)2-3-11/h5H,1-4,14H2. The fourth-order valence-corrected chi connectivity index (χ4v) is 2.22. The van der Waals surface area contributed by atoms with Crippen LogP contribution in [-0.4, -0.2) is 6.61 Å². The number of halogens is 2. The van der Waals surface area contributed by atoms with Gasteiger partial charge in [0.1, 0.15) is 5.82 Å². The van der Waals surface area contributed by atoms with Crippen LogP contribution in [0.25, 0.3) is 0 Å². The van der Waals surface area contributed by atoms with Crippen LogP contribution in [0, 0.1) is 11.6 Å². The van der Waals surface area contributed by atoms with Crippen LogP contribution in [0.5, 0.6) is 5.75 Å². The second kappa shape index (κ2) is 2.70. The molecule has 2 nitrogen and oxygen atoms in total. The lowest BCUT2D eigenvalue weighted by atomic mass is 9.96. The summed E-state index contributed by atoms with van der Waals surface area (Å²) < 4.78 is 32.2. The van der Waals surface area contributed by atoms with E-state index < -0.39 is 17.2 Å². The van der Waals surface area contributed by atoms with E-state index in [4.69, 9.17) is 10.5 Å². The summed E-state index contributed by atoms with van der Waals surface area (Å²) in [5, 5.41) is 0. The number of hydrogen-bond acceptors (Lipinski definition) is 2. The van der Waals surface area contributed by atoms with E-state index >= 15 is 0 Å². The van der Waals surface area contributed by atoms with Gasteiger partial charge in [0.25, 0.3) is 0 Å². The molecule has 1 heterocycles. The molecule has 0 saturated heterocycles. The molecule has 15 heavy (non-hydrogen) atoms. The molecule has 0 spiro atoms. The lowest BCUT2D eigenvalue weighted by Gasteiger charge is -2.15. The molecule has 0 amide bonds. The van der Waals surface area contributed by atoms with Gasteiger partial charge in [0.15, 0.2) is 11.6 Å². The monoisotopic (exact) mass is 211 g/mol. The van der Waals surface area contributed by atoms with Crippen molar-refractivity contribution < 1.29 is 13.5 Å². The molecule has 2 N–H and O–H groups in total.